The standard InChI is InChI=1S/C21H19FN2O2/c1-14-6-7-15(2)19(10-14)23-21(26)17-8-9-20(25)24(13-17)12-16-4-3-5-18(22)11-16/h3-11,13H,12H2,1-2H3,(H,23,26). The van der Waals surface area contributed by atoms with E-state index in [1.54, 1.807) is 12.1 Å². The zero-order valence-corrected chi connectivity index (χ0v) is 14.6. The number of pyridine rings is 1. The van der Waals surface area contributed by atoms with Crippen LogP contribution in [0.2, 0.25) is 0 Å². The third-order valence-electron chi connectivity index (χ3n) is 4.13. The van der Waals surface area contributed by atoms with E-state index in [4.69, 9.17) is 0 Å². The number of amides is 1. The fraction of sp³-hybridized carbons (Fsp3) is 0.143. The number of nitrogens with one attached hydrogen (secondary N) is 1. The van der Waals surface area contributed by atoms with Gasteiger partial charge in [-0.1, -0.05) is 24.3 Å². The molecular weight excluding hydrogens is 331 g/mol. The zero-order chi connectivity index (χ0) is 18.7. The van der Waals surface area contributed by atoms with Crippen molar-refractivity contribution in [2.24, 2.45) is 0 Å². The van der Waals surface area contributed by atoms with Crippen molar-refractivity contribution in [1.29, 1.82) is 0 Å². The Kier molecular flexibility index (Phi) is 4.98. The highest BCUT2D eigenvalue weighted by atomic mass is 19.1. The molecule has 0 aliphatic carbocycles. The molecule has 4 nitrogen and oxygen atoms in total. The van der Waals surface area contributed by atoms with Crippen LogP contribution in [0.15, 0.2) is 65.6 Å². The maximum Gasteiger partial charge on any atom is 0.257 e. The first-order chi connectivity index (χ1) is 12.4. The minimum absolute atomic E-state index is 0.196. The van der Waals surface area contributed by atoms with Gasteiger partial charge < -0.3 is 9.88 Å². The number of carbonyl (C=O) groups is 1. The third-order valence-corrected chi connectivity index (χ3v) is 4.13. The van der Waals surface area contributed by atoms with E-state index in [2.05, 4.69) is 5.32 Å². The molecule has 2 aromatic carbocycles. The minimum atomic E-state index is -0.362. The Balaban J connectivity index is 1.85. The van der Waals surface area contributed by atoms with Gasteiger partial charge >= 0.3 is 0 Å². The number of nitrogens with zero attached hydrogens (tertiary/aromatic N) is 1. The van der Waals surface area contributed by atoms with Crippen molar-refractivity contribution in [2.45, 2.75) is 20.4 Å². The quantitative estimate of drug-likeness (QED) is 0.776. The highest BCUT2D eigenvalue weighted by molar-refractivity contribution is 6.04. The lowest BCUT2D eigenvalue weighted by molar-refractivity contribution is 0.102. The summed E-state index contributed by atoms with van der Waals surface area (Å²) in [4.78, 5) is 24.6. The summed E-state index contributed by atoms with van der Waals surface area (Å²) in [5.41, 5.74) is 3.50. The molecule has 1 aromatic heterocycles. The van der Waals surface area contributed by atoms with Crippen molar-refractivity contribution in [3.8, 4) is 0 Å². The lowest BCUT2D eigenvalue weighted by Gasteiger charge is -2.11. The summed E-state index contributed by atoms with van der Waals surface area (Å²) >= 11 is 0. The van der Waals surface area contributed by atoms with Crippen molar-refractivity contribution in [2.75, 3.05) is 5.32 Å². The maximum atomic E-state index is 13.3. The molecule has 0 saturated carbocycles. The van der Waals surface area contributed by atoms with Gasteiger partial charge in [-0.05, 0) is 54.8 Å². The average Bonchev–Trinajstić information content (AvgIpc) is 2.60. The van der Waals surface area contributed by atoms with Crippen molar-refractivity contribution < 1.29 is 9.18 Å². The summed E-state index contributed by atoms with van der Waals surface area (Å²) in [5, 5.41) is 2.87. The Hall–Kier alpha value is -3.21. The number of halogens is 1. The predicted molar refractivity (Wildman–Crippen MR) is 100 cm³/mol. The summed E-state index contributed by atoms with van der Waals surface area (Å²) in [7, 11) is 0. The van der Waals surface area contributed by atoms with Crippen LogP contribution in [0.5, 0.6) is 0 Å². The monoisotopic (exact) mass is 350 g/mol. The van der Waals surface area contributed by atoms with Gasteiger partial charge in [-0.3, -0.25) is 9.59 Å². The van der Waals surface area contributed by atoms with Crippen molar-refractivity contribution in [3.05, 3.63) is 99.2 Å². The normalized spacial score (nSPS) is 10.6. The van der Waals surface area contributed by atoms with Crippen molar-refractivity contribution >= 4 is 11.6 Å². The Morgan fingerprint density at radius 1 is 1.08 bits per heavy atom. The number of hydrogen-bond acceptors (Lipinski definition) is 2. The summed E-state index contributed by atoms with van der Waals surface area (Å²) in [6, 6.07) is 14.7. The first kappa shape index (κ1) is 17.6. The van der Waals surface area contributed by atoms with E-state index in [1.165, 1.54) is 35.0 Å². The van der Waals surface area contributed by atoms with Gasteiger partial charge in [-0.15, -0.1) is 0 Å². The van der Waals surface area contributed by atoms with E-state index in [9.17, 15) is 14.0 Å². The molecule has 5 heteroatoms. The summed E-state index contributed by atoms with van der Waals surface area (Å²) in [6.45, 7) is 4.06. The fourth-order valence-corrected chi connectivity index (χ4v) is 2.69. The molecule has 0 saturated heterocycles. The first-order valence-electron chi connectivity index (χ1n) is 8.26. The number of rotatable bonds is 4. The number of aryl methyl sites for hydroxylation is 2. The Morgan fingerprint density at radius 2 is 1.88 bits per heavy atom. The van der Waals surface area contributed by atoms with Crippen molar-refractivity contribution in [1.82, 2.24) is 4.57 Å². The molecule has 26 heavy (non-hydrogen) atoms. The number of hydrogen-bond donors (Lipinski definition) is 1. The summed E-state index contributed by atoms with van der Waals surface area (Å²) in [6.07, 6.45) is 1.49. The molecule has 0 bridgehead atoms. The van der Waals surface area contributed by atoms with E-state index in [1.807, 2.05) is 32.0 Å². The van der Waals surface area contributed by atoms with Crippen LogP contribution >= 0.6 is 0 Å². The van der Waals surface area contributed by atoms with E-state index in [0.29, 0.717) is 11.1 Å². The average molecular weight is 350 g/mol. The summed E-state index contributed by atoms with van der Waals surface area (Å²) in [5.74, 6) is -0.661. The summed E-state index contributed by atoms with van der Waals surface area (Å²) < 4.78 is 14.7. The largest absolute Gasteiger partial charge is 0.322 e. The molecule has 0 radical (unpaired) electrons. The van der Waals surface area contributed by atoms with Gasteiger partial charge in [0.15, 0.2) is 0 Å². The SMILES string of the molecule is Cc1ccc(C)c(NC(=O)c2ccc(=O)n(Cc3cccc(F)c3)c2)c1. The van der Waals surface area contributed by atoms with Crippen LogP contribution in [0, 0.1) is 19.7 Å². The molecule has 0 aliphatic heterocycles. The first-order valence-corrected chi connectivity index (χ1v) is 8.26. The molecule has 3 rings (SSSR count). The number of carbonyl (C=O) groups excluding carboxylic acids is 1. The Morgan fingerprint density at radius 3 is 2.65 bits per heavy atom. The van der Waals surface area contributed by atoms with Crippen LogP contribution in [-0.4, -0.2) is 10.5 Å². The molecule has 1 heterocycles. The second kappa shape index (κ2) is 7.35. The second-order valence-electron chi connectivity index (χ2n) is 6.29. The molecule has 3 aromatic rings. The highest BCUT2D eigenvalue weighted by Gasteiger charge is 2.10. The predicted octanol–water partition coefficient (Wildman–Crippen LogP) is 3.90. The second-order valence-corrected chi connectivity index (χ2v) is 6.29. The van der Waals surface area contributed by atoms with Gasteiger partial charge in [0.1, 0.15) is 5.82 Å². The molecule has 0 unspecified atom stereocenters. The molecule has 0 fully saturated rings. The molecule has 1 N–H and O–H groups in total. The molecule has 1 amide bonds. The van der Waals surface area contributed by atoms with Gasteiger partial charge in [0, 0.05) is 18.0 Å². The fourth-order valence-electron chi connectivity index (χ4n) is 2.69. The van der Waals surface area contributed by atoms with Gasteiger partial charge in [0.05, 0.1) is 12.1 Å². The molecule has 0 spiro atoms. The molecular formula is C21H19FN2O2. The smallest absolute Gasteiger partial charge is 0.257 e. The van der Waals surface area contributed by atoms with Crippen LogP contribution in [0.25, 0.3) is 0 Å². The van der Waals surface area contributed by atoms with Gasteiger partial charge in [-0.25, -0.2) is 4.39 Å². The highest BCUT2D eigenvalue weighted by Crippen LogP contribution is 2.17. The van der Waals surface area contributed by atoms with Crippen LogP contribution in [0.1, 0.15) is 27.0 Å². The van der Waals surface area contributed by atoms with E-state index in [0.717, 1.165) is 16.8 Å². The van der Waals surface area contributed by atoms with E-state index in [-0.39, 0.29) is 23.8 Å². The molecule has 132 valence electrons. The van der Waals surface area contributed by atoms with Crippen LogP contribution in [0.4, 0.5) is 10.1 Å². The van der Waals surface area contributed by atoms with Gasteiger partial charge in [-0.2, -0.15) is 0 Å². The third kappa shape index (κ3) is 4.06. The van der Waals surface area contributed by atoms with E-state index >= 15 is 0 Å². The van der Waals surface area contributed by atoms with Crippen LogP contribution in [0.3, 0.4) is 0 Å². The van der Waals surface area contributed by atoms with Gasteiger partial charge in [0.25, 0.3) is 11.5 Å². The molecule has 0 aliphatic rings. The number of benzene rings is 2. The van der Waals surface area contributed by atoms with Gasteiger partial charge in [0.2, 0.25) is 0 Å². The number of anilines is 1. The van der Waals surface area contributed by atoms with Crippen LogP contribution < -0.4 is 10.9 Å². The topological polar surface area (TPSA) is 51.1 Å². The minimum Gasteiger partial charge on any atom is -0.322 e. The van der Waals surface area contributed by atoms with Crippen LogP contribution in [-0.2, 0) is 6.54 Å². The lowest BCUT2D eigenvalue weighted by Crippen LogP contribution is -2.22. The van der Waals surface area contributed by atoms with E-state index < -0.39 is 0 Å². The zero-order valence-electron chi connectivity index (χ0n) is 14.6. The number of aromatic nitrogens is 1. The lowest BCUT2D eigenvalue weighted by atomic mass is 10.1. The Bertz CT molecular complexity index is 1020. The Labute approximate surface area is 150 Å². The molecule has 0 atom stereocenters. The maximum absolute atomic E-state index is 13.3. The van der Waals surface area contributed by atoms with Crippen molar-refractivity contribution in [3.63, 3.8) is 0 Å².